The summed E-state index contributed by atoms with van der Waals surface area (Å²) >= 11 is 0. The Balaban J connectivity index is 1.75. The van der Waals surface area contributed by atoms with Crippen LogP contribution in [0.4, 0.5) is 0 Å². The molecule has 0 amide bonds. The number of aliphatic hydroxyl groups is 1. The van der Waals surface area contributed by atoms with Crippen LogP contribution in [0.15, 0.2) is 54.6 Å². The maximum atomic E-state index is 10.5. The lowest BCUT2D eigenvalue weighted by Gasteiger charge is -2.18. The van der Waals surface area contributed by atoms with Gasteiger partial charge in [0.25, 0.3) is 0 Å². The Bertz CT molecular complexity index is 544. The van der Waals surface area contributed by atoms with Crippen LogP contribution in [0.5, 0.6) is 11.5 Å². The van der Waals surface area contributed by atoms with Gasteiger partial charge in [-0.25, -0.2) is 0 Å². The molecule has 1 fully saturated rings. The second-order valence-electron chi connectivity index (χ2n) is 5.48. The van der Waals surface area contributed by atoms with Crippen molar-refractivity contribution in [3.05, 3.63) is 60.2 Å². The quantitative estimate of drug-likeness (QED) is 0.870. The Morgan fingerprint density at radius 3 is 2.35 bits per heavy atom. The van der Waals surface area contributed by atoms with Gasteiger partial charge in [0.05, 0.1) is 6.10 Å². The lowest BCUT2D eigenvalue weighted by atomic mass is 9.94. The molecule has 1 N–H and O–H groups in total. The zero-order valence-electron chi connectivity index (χ0n) is 11.5. The van der Waals surface area contributed by atoms with Gasteiger partial charge in [-0.1, -0.05) is 43.2 Å². The molecule has 0 aromatic heterocycles. The third-order valence-electron chi connectivity index (χ3n) is 4.02. The van der Waals surface area contributed by atoms with Crippen LogP contribution in [0.1, 0.15) is 37.4 Å². The van der Waals surface area contributed by atoms with Gasteiger partial charge in [-0.3, -0.25) is 0 Å². The van der Waals surface area contributed by atoms with Gasteiger partial charge in [-0.05, 0) is 48.6 Å². The molecule has 0 bridgehead atoms. The predicted octanol–water partition coefficient (Wildman–Crippen LogP) is 4.70. The first kappa shape index (κ1) is 13.2. The molecule has 1 atom stereocenters. The van der Waals surface area contributed by atoms with E-state index in [2.05, 4.69) is 0 Å². The van der Waals surface area contributed by atoms with Crippen LogP contribution in [-0.2, 0) is 0 Å². The van der Waals surface area contributed by atoms with Gasteiger partial charge in [0.2, 0.25) is 0 Å². The highest BCUT2D eigenvalue weighted by molar-refractivity contribution is 5.34. The average molecular weight is 268 g/mol. The molecule has 0 radical (unpaired) electrons. The van der Waals surface area contributed by atoms with E-state index in [4.69, 9.17) is 4.74 Å². The van der Waals surface area contributed by atoms with E-state index in [-0.39, 0.29) is 6.10 Å². The number of benzene rings is 2. The Morgan fingerprint density at radius 1 is 0.900 bits per heavy atom. The number of aliphatic hydroxyl groups excluding tert-OH is 1. The van der Waals surface area contributed by atoms with Gasteiger partial charge >= 0.3 is 0 Å². The van der Waals surface area contributed by atoms with Crippen LogP contribution in [-0.4, -0.2) is 5.11 Å². The van der Waals surface area contributed by atoms with Crippen LogP contribution in [0.25, 0.3) is 0 Å². The summed E-state index contributed by atoms with van der Waals surface area (Å²) in [7, 11) is 0. The molecule has 2 heteroatoms. The minimum Gasteiger partial charge on any atom is -0.457 e. The third kappa shape index (κ3) is 3.02. The molecule has 2 nitrogen and oxygen atoms in total. The van der Waals surface area contributed by atoms with E-state index in [1.165, 1.54) is 12.8 Å². The third-order valence-corrected chi connectivity index (χ3v) is 4.02. The lowest BCUT2D eigenvalue weighted by Crippen LogP contribution is -2.08. The van der Waals surface area contributed by atoms with Crippen LogP contribution < -0.4 is 4.74 Å². The topological polar surface area (TPSA) is 29.5 Å². The maximum Gasteiger partial charge on any atom is 0.127 e. The first-order valence-electron chi connectivity index (χ1n) is 7.34. The fourth-order valence-electron chi connectivity index (χ4n) is 2.93. The number of para-hydroxylation sites is 1. The summed E-state index contributed by atoms with van der Waals surface area (Å²) in [5.74, 6) is 2.01. The largest absolute Gasteiger partial charge is 0.457 e. The zero-order valence-corrected chi connectivity index (χ0v) is 11.5. The molecule has 1 saturated carbocycles. The van der Waals surface area contributed by atoms with Crippen LogP contribution in [0, 0.1) is 5.92 Å². The van der Waals surface area contributed by atoms with Crippen molar-refractivity contribution in [1.82, 2.24) is 0 Å². The summed E-state index contributed by atoms with van der Waals surface area (Å²) in [6.45, 7) is 0. The molecule has 1 aliphatic carbocycles. The Hall–Kier alpha value is -1.80. The molecule has 104 valence electrons. The van der Waals surface area contributed by atoms with E-state index in [1.807, 2.05) is 54.6 Å². The van der Waals surface area contributed by atoms with Crippen molar-refractivity contribution in [3.8, 4) is 11.5 Å². The molecule has 3 rings (SSSR count). The first-order chi connectivity index (χ1) is 9.83. The molecular weight excluding hydrogens is 248 g/mol. The second-order valence-corrected chi connectivity index (χ2v) is 5.48. The highest BCUT2D eigenvalue weighted by atomic mass is 16.5. The fraction of sp³-hybridized carbons (Fsp3) is 0.333. The maximum absolute atomic E-state index is 10.5. The van der Waals surface area contributed by atoms with Crippen molar-refractivity contribution in [2.75, 3.05) is 0 Å². The van der Waals surface area contributed by atoms with Gasteiger partial charge < -0.3 is 9.84 Å². The molecule has 1 unspecified atom stereocenters. The van der Waals surface area contributed by atoms with Crippen molar-refractivity contribution >= 4 is 0 Å². The Kier molecular flexibility index (Phi) is 4.03. The molecule has 2 aromatic carbocycles. The SMILES string of the molecule is OC(c1cccc(Oc2ccccc2)c1)C1CCCC1. The predicted molar refractivity (Wildman–Crippen MR) is 79.9 cm³/mol. The zero-order chi connectivity index (χ0) is 13.8. The highest BCUT2D eigenvalue weighted by Crippen LogP contribution is 2.36. The lowest BCUT2D eigenvalue weighted by molar-refractivity contribution is 0.111. The van der Waals surface area contributed by atoms with Crippen molar-refractivity contribution in [2.24, 2.45) is 5.92 Å². The second kappa shape index (κ2) is 6.10. The molecule has 0 heterocycles. The Morgan fingerprint density at radius 2 is 1.60 bits per heavy atom. The number of ether oxygens (including phenoxy) is 1. The minimum atomic E-state index is -0.364. The summed E-state index contributed by atoms with van der Waals surface area (Å²) < 4.78 is 5.82. The smallest absolute Gasteiger partial charge is 0.127 e. The summed E-state index contributed by atoms with van der Waals surface area (Å²) in [4.78, 5) is 0. The van der Waals surface area contributed by atoms with Crippen LogP contribution in [0.2, 0.25) is 0 Å². The van der Waals surface area contributed by atoms with Gasteiger partial charge in [0.15, 0.2) is 0 Å². The van der Waals surface area contributed by atoms with Gasteiger partial charge in [0, 0.05) is 0 Å². The van der Waals surface area contributed by atoms with Gasteiger partial charge in [-0.2, -0.15) is 0 Å². The first-order valence-corrected chi connectivity index (χ1v) is 7.34. The standard InChI is InChI=1S/C18H20O2/c19-18(14-7-4-5-8-14)15-9-6-12-17(13-15)20-16-10-2-1-3-11-16/h1-3,6,9-14,18-19H,4-5,7-8H2. The highest BCUT2D eigenvalue weighted by Gasteiger charge is 2.24. The van der Waals surface area contributed by atoms with E-state index < -0.39 is 0 Å². The molecule has 2 aromatic rings. The van der Waals surface area contributed by atoms with Crippen LogP contribution >= 0.6 is 0 Å². The van der Waals surface area contributed by atoms with Crippen LogP contribution in [0.3, 0.4) is 0 Å². The van der Waals surface area contributed by atoms with Crippen molar-refractivity contribution in [2.45, 2.75) is 31.8 Å². The van der Waals surface area contributed by atoms with E-state index in [0.29, 0.717) is 5.92 Å². The molecular formula is C18H20O2. The number of rotatable bonds is 4. The normalized spacial score (nSPS) is 17.1. The van der Waals surface area contributed by atoms with Crippen molar-refractivity contribution in [3.63, 3.8) is 0 Å². The fourth-order valence-corrected chi connectivity index (χ4v) is 2.93. The van der Waals surface area contributed by atoms with Crippen molar-refractivity contribution in [1.29, 1.82) is 0 Å². The number of hydrogen-bond donors (Lipinski definition) is 1. The summed E-state index contributed by atoms with van der Waals surface area (Å²) in [5, 5.41) is 10.5. The summed E-state index contributed by atoms with van der Waals surface area (Å²) in [5.41, 5.74) is 0.963. The summed E-state index contributed by atoms with van der Waals surface area (Å²) in [6, 6.07) is 17.5. The van der Waals surface area contributed by atoms with E-state index >= 15 is 0 Å². The van der Waals surface area contributed by atoms with E-state index in [1.54, 1.807) is 0 Å². The summed E-state index contributed by atoms with van der Waals surface area (Å²) in [6.07, 6.45) is 4.37. The Labute approximate surface area is 120 Å². The van der Waals surface area contributed by atoms with E-state index in [9.17, 15) is 5.11 Å². The minimum absolute atomic E-state index is 0.364. The molecule has 20 heavy (non-hydrogen) atoms. The van der Waals surface area contributed by atoms with E-state index in [0.717, 1.165) is 29.9 Å². The van der Waals surface area contributed by atoms with Gasteiger partial charge in [-0.15, -0.1) is 0 Å². The molecule has 0 spiro atoms. The molecule has 0 saturated heterocycles. The average Bonchev–Trinajstić information content (AvgIpc) is 3.02. The number of hydrogen-bond acceptors (Lipinski definition) is 2. The monoisotopic (exact) mass is 268 g/mol. The molecule has 1 aliphatic rings. The van der Waals surface area contributed by atoms with Crippen molar-refractivity contribution < 1.29 is 9.84 Å². The van der Waals surface area contributed by atoms with Gasteiger partial charge in [0.1, 0.15) is 11.5 Å². The molecule has 0 aliphatic heterocycles.